The molecule has 0 N–H and O–H groups in total. The van der Waals surface area contributed by atoms with Crippen molar-refractivity contribution in [3.8, 4) is 0 Å². The highest BCUT2D eigenvalue weighted by Gasteiger charge is 2.10. The molecule has 0 heterocycles. The van der Waals surface area contributed by atoms with Crippen LogP contribution in [0.1, 0.15) is 37.7 Å². The van der Waals surface area contributed by atoms with E-state index < -0.39 is 11.9 Å². The lowest BCUT2D eigenvalue weighted by molar-refractivity contribution is -0.259. The Morgan fingerprint density at radius 1 is 0.917 bits per heavy atom. The third kappa shape index (κ3) is 8.73. The molecule has 0 radical (unpaired) electrons. The van der Waals surface area contributed by atoms with Crippen LogP contribution < -0.4 is 0 Å². The van der Waals surface area contributed by atoms with Gasteiger partial charge in [-0.2, -0.15) is 0 Å². The fourth-order valence-corrected chi connectivity index (χ4v) is 2.10. The number of benzene rings is 1. The minimum absolute atomic E-state index is 0.180. The van der Waals surface area contributed by atoms with Gasteiger partial charge in [-0.1, -0.05) is 61.7 Å². The third-order valence-electron chi connectivity index (χ3n) is 3.36. The van der Waals surface area contributed by atoms with Crippen molar-refractivity contribution in [1.29, 1.82) is 0 Å². The number of hydrogen-bond acceptors (Lipinski definition) is 4. The fraction of sp³-hybridized carbons (Fsp3) is 0.300. The van der Waals surface area contributed by atoms with E-state index >= 15 is 0 Å². The van der Waals surface area contributed by atoms with E-state index in [1.165, 1.54) is 0 Å². The van der Waals surface area contributed by atoms with Crippen LogP contribution in [0.4, 0.5) is 0 Å². The summed E-state index contributed by atoms with van der Waals surface area (Å²) in [4.78, 5) is 32.1. The number of aryl methyl sites for hydroxylation is 1. The first-order chi connectivity index (χ1) is 11.7. The molecule has 0 aromatic heterocycles. The van der Waals surface area contributed by atoms with Crippen molar-refractivity contribution < 1.29 is 19.4 Å². The van der Waals surface area contributed by atoms with E-state index in [2.05, 4.69) is 22.9 Å². The van der Waals surface area contributed by atoms with E-state index in [1.54, 1.807) is 12.2 Å². The zero-order valence-electron chi connectivity index (χ0n) is 13.9. The summed E-state index contributed by atoms with van der Waals surface area (Å²) in [6.07, 6.45) is 8.34. The minimum atomic E-state index is -0.548. The Labute approximate surface area is 143 Å². The van der Waals surface area contributed by atoms with Crippen LogP contribution in [-0.2, 0) is 25.8 Å². The lowest BCUT2D eigenvalue weighted by atomic mass is 10.1. The highest BCUT2D eigenvalue weighted by Crippen LogP contribution is 2.10. The van der Waals surface area contributed by atoms with Crippen molar-refractivity contribution in [3.63, 3.8) is 0 Å². The van der Waals surface area contributed by atoms with Gasteiger partial charge in [0.05, 0.1) is 12.8 Å². The molecule has 1 aromatic carbocycles. The molecule has 128 valence electrons. The number of allylic oxidation sites excluding steroid dienone is 4. The van der Waals surface area contributed by atoms with Gasteiger partial charge in [-0.25, -0.2) is 19.4 Å². The maximum atomic E-state index is 11.5. The predicted octanol–water partition coefficient (Wildman–Crippen LogP) is 4.48. The van der Waals surface area contributed by atoms with Crippen LogP contribution in [0, 0.1) is 0 Å². The molecule has 0 aliphatic heterocycles. The summed E-state index contributed by atoms with van der Waals surface area (Å²) in [6, 6.07) is 9.87. The quantitative estimate of drug-likeness (QED) is 0.361. The molecule has 1 aromatic rings. The number of carbonyl (C=O) groups excluding carboxylic acids is 2. The van der Waals surface area contributed by atoms with Gasteiger partial charge in [0.2, 0.25) is 0 Å². The van der Waals surface area contributed by atoms with Crippen molar-refractivity contribution in [2.75, 3.05) is 0 Å². The summed E-state index contributed by atoms with van der Waals surface area (Å²) >= 11 is 0. The molecule has 4 heteroatoms. The smallest absolute Gasteiger partial charge is 0.247 e. The summed E-state index contributed by atoms with van der Waals surface area (Å²) in [5, 5.41) is 0. The molecule has 0 atom stereocenters. The molecular formula is C20H24O4. The molecule has 0 aliphatic carbocycles. The topological polar surface area (TPSA) is 52.6 Å². The molecular weight excluding hydrogens is 304 g/mol. The highest BCUT2D eigenvalue weighted by molar-refractivity contribution is 5.72. The van der Waals surface area contributed by atoms with E-state index in [0.717, 1.165) is 17.6 Å². The average molecular weight is 328 g/mol. The number of hydrogen-bond donors (Lipinski definition) is 0. The number of carbonyl (C=O) groups is 2. The van der Waals surface area contributed by atoms with Gasteiger partial charge in [0.25, 0.3) is 0 Å². The van der Waals surface area contributed by atoms with Gasteiger partial charge in [0, 0.05) is 0 Å². The summed E-state index contributed by atoms with van der Waals surface area (Å²) in [5.41, 5.74) is 2.16. The Morgan fingerprint density at radius 2 is 1.54 bits per heavy atom. The molecule has 0 saturated heterocycles. The Bertz CT molecular complexity index is 573. The lowest BCUT2D eigenvalue weighted by Crippen LogP contribution is -2.11. The predicted molar refractivity (Wildman–Crippen MR) is 93.9 cm³/mol. The monoisotopic (exact) mass is 328 g/mol. The Kier molecular flexibility index (Phi) is 9.62. The molecule has 0 amide bonds. The van der Waals surface area contributed by atoms with Crippen molar-refractivity contribution in [3.05, 3.63) is 72.9 Å². The van der Waals surface area contributed by atoms with E-state index in [9.17, 15) is 9.59 Å². The van der Waals surface area contributed by atoms with Crippen molar-refractivity contribution >= 4 is 11.9 Å². The standard InChI is InChI=1S/C20H24O4/c1-3-10-17(4-2)13-8-15-19(21)23-24-20(22)16-9-14-18-11-6-5-7-12-18/h3-7,10-12H,1-2,8-9,13-16H2/b17-10+. The first-order valence-corrected chi connectivity index (χ1v) is 8.04. The Hall–Kier alpha value is -2.62. The Morgan fingerprint density at radius 3 is 2.12 bits per heavy atom. The molecule has 0 spiro atoms. The van der Waals surface area contributed by atoms with E-state index in [1.807, 2.05) is 36.4 Å². The second-order valence-electron chi connectivity index (χ2n) is 5.28. The summed E-state index contributed by atoms with van der Waals surface area (Å²) in [6.45, 7) is 7.30. The molecule has 0 saturated carbocycles. The SMILES string of the molecule is C=C/C=C(\C=C)CCCC(=O)OOC(=O)CCCc1ccccc1. The average Bonchev–Trinajstić information content (AvgIpc) is 2.60. The molecule has 0 fully saturated rings. The van der Waals surface area contributed by atoms with Crippen LogP contribution in [0.25, 0.3) is 0 Å². The van der Waals surface area contributed by atoms with Gasteiger partial charge in [-0.3, -0.25) is 0 Å². The molecule has 24 heavy (non-hydrogen) atoms. The fourth-order valence-electron chi connectivity index (χ4n) is 2.10. The van der Waals surface area contributed by atoms with Crippen LogP contribution in [0.3, 0.4) is 0 Å². The minimum Gasteiger partial charge on any atom is -0.247 e. The van der Waals surface area contributed by atoms with Gasteiger partial charge in [0.1, 0.15) is 0 Å². The molecule has 0 bridgehead atoms. The van der Waals surface area contributed by atoms with Crippen molar-refractivity contribution in [1.82, 2.24) is 0 Å². The second-order valence-corrected chi connectivity index (χ2v) is 5.28. The zero-order chi connectivity index (χ0) is 17.6. The molecule has 1 rings (SSSR count). The zero-order valence-corrected chi connectivity index (χ0v) is 13.9. The van der Waals surface area contributed by atoms with Crippen LogP contribution in [-0.4, -0.2) is 11.9 Å². The van der Waals surface area contributed by atoms with E-state index in [0.29, 0.717) is 19.3 Å². The largest absolute Gasteiger partial charge is 0.355 e. The second kappa shape index (κ2) is 11.9. The van der Waals surface area contributed by atoms with Crippen LogP contribution in [0.15, 0.2) is 67.3 Å². The summed E-state index contributed by atoms with van der Waals surface area (Å²) < 4.78 is 0. The normalized spacial score (nSPS) is 10.8. The van der Waals surface area contributed by atoms with E-state index in [4.69, 9.17) is 0 Å². The van der Waals surface area contributed by atoms with Crippen molar-refractivity contribution in [2.24, 2.45) is 0 Å². The molecule has 0 aliphatic rings. The number of rotatable bonds is 10. The highest BCUT2D eigenvalue weighted by atomic mass is 17.2. The Balaban J connectivity index is 2.12. The van der Waals surface area contributed by atoms with Crippen LogP contribution in [0.2, 0.25) is 0 Å². The first kappa shape index (κ1) is 19.4. The molecule has 0 unspecified atom stereocenters. The van der Waals surface area contributed by atoms with Crippen LogP contribution in [0.5, 0.6) is 0 Å². The van der Waals surface area contributed by atoms with Crippen LogP contribution >= 0.6 is 0 Å². The maximum Gasteiger partial charge on any atom is 0.355 e. The maximum absolute atomic E-state index is 11.5. The molecule has 4 nitrogen and oxygen atoms in total. The first-order valence-electron chi connectivity index (χ1n) is 8.04. The summed E-state index contributed by atoms with van der Waals surface area (Å²) in [7, 11) is 0. The third-order valence-corrected chi connectivity index (χ3v) is 3.36. The van der Waals surface area contributed by atoms with Crippen molar-refractivity contribution in [2.45, 2.75) is 38.5 Å². The van der Waals surface area contributed by atoms with Gasteiger partial charge < -0.3 is 0 Å². The van der Waals surface area contributed by atoms with Gasteiger partial charge in [-0.15, -0.1) is 0 Å². The summed E-state index contributed by atoms with van der Waals surface area (Å²) in [5.74, 6) is -1.08. The van der Waals surface area contributed by atoms with Gasteiger partial charge >= 0.3 is 11.9 Å². The van der Waals surface area contributed by atoms with Gasteiger partial charge in [-0.05, 0) is 36.8 Å². The van der Waals surface area contributed by atoms with Gasteiger partial charge in [0.15, 0.2) is 0 Å². The lowest BCUT2D eigenvalue weighted by Gasteiger charge is -2.04. The van der Waals surface area contributed by atoms with E-state index in [-0.39, 0.29) is 12.8 Å².